The fourth-order valence-corrected chi connectivity index (χ4v) is 0.820. The summed E-state index contributed by atoms with van der Waals surface area (Å²) in [6.07, 6.45) is 0. The molecule has 0 heterocycles. The first kappa shape index (κ1) is 13.2. The summed E-state index contributed by atoms with van der Waals surface area (Å²) in [5.41, 5.74) is 4.41. The summed E-state index contributed by atoms with van der Waals surface area (Å²) in [6.45, 7) is -0.638. The number of carbonyl (C=O) groups is 2. The van der Waals surface area contributed by atoms with Gasteiger partial charge in [0.1, 0.15) is 12.1 Å². The van der Waals surface area contributed by atoms with Crippen LogP contribution < -0.4 is 10.9 Å². The van der Waals surface area contributed by atoms with Gasteiger partial charge in [0.15, 0.2) is 0 Å². The third-order valence-corrected chi connectivity index (χ3v) is 1.76. The molecule has 0 aliphatic rings. The Labute approximate surface area is 85.5 Å². The van der Waals surface area contributed by atoms with E-state index in [1.54, 1.807) is 0 Å². The number of thiol groups is 1. The maximum atomic E-state index is 10.4. The Hall–Kier alpha value is -0.830. The van der Waals surface area contributed by atoms with E-state index in [-0.39, 0.29) is 5.75 Å². The Kier molecular flexibility index (Phi) is 6.21. The number of carboxylic acids is 2. The number of hydrazine groups is 1. The maximum absolute atomic E-state index is 10.4. The monoisotopic (exact) mass is 224 g/mol. The van der Waals surface area contributed by atoms with E-state index in [1.807, 2.05) is 0 Å². The van der Waals surface area contributed by atoms with Gasteiger partial charge in [-0.15, -0.1) is 0 Å². The SMILES string of the molecule is O=C(O)[C@H](CO)NN[C@@H](CS)C(=O)O. The predicted octanol–water partition coefficient (Wildman–Crippen LogP) is -2.09. The van der Waals surface area contributed by atoms with Crippen LogP contribution in [0.15, 0.2) is 0 Å². The van der Waals surface area contributed by atoms with E-state index in [0.29, 0.717) is 0 Å². The smallest absolute Gasteiger partial charge is 0.324 e. The molecule has 0 aliphatic heterocycles. The molecule has 0 fully saturated rings. The van der Waals surface area contributed by atoms with Crippen LogP contribution in [0.25, 0.3) is 0 Å². The van der Waals surface area contributed by atoms with Crippen LogP contribution in [0.4, 0.5) is 0 Å². The van der Waals surface area contributed by atoms with Gasteiger partial charge in [-0.25, -0.2) is 10.9 Å². The summed E-state index contributed by atoms with van der Waals surface area (Å²) < 4.78 is 0. The minimum atomic E-state index is -1.27. The van der Waals surface area contributed by atoms with E-state index in [4.69, 9.17) is 15.3 Å². The third-order valence-electron chi connectivity index (χ3n) is 1.39. The molecule has 0 radical (unpaired) electrons. The van der Waals surface area contributed by atoms with E-state index in [9.17, 15) is 9.59 Å². The summed E-state index contributed by atoms with van der Waals surface area (Å²) in [5, 5.41) is 25.6. The summed E-state index contributed by atoms with van der Waals surface area (Å²) in [6, 6.07) is -2.25. The van der Waals surface area contributed by atoms with Gasteiger partial charge in [-0.2, -0.15) is 12.6 Å². The summed E-state index contributed by atoms with van der Waals surface area (Å²) >= 11 is 3.75. The molecule has 0 spiro atoms. The number of aliphatic hydroxyl groups excluding tert-OH is 1. The average molecular weight is 224 g/mol. The van der Waals surface area contributed by atoms with Crippen LogP contribution in [-0.4, -0.2) is 51.7 Å². The second kappa shape index (κ2) is 6.60. The number of aliphatic hydroxyl groups is 1. The van der Waals surface area contributed by atoms with Gasteiger partial charge in [-0.05, 0) is 0 Å². The van der Waals surface area contributed by atoms with E-state index in [0.717, 1.165) is 0 Å². The summed E-state index contributed by atoms with van der Waals surface area (Å²) in [7, 11) is 0. The summed E-state index contributed by atoms with van der Waals surface area (Å²) in [4.78, 5) is 20.8. The molecule has 0 amide bonds. The Morgan fingerprint density at radius 3 is 1.86 bits per heavy atom. The van der Waals surface area contributed by atoms with Crippen LogP contribution in [0.2, 0.25) is 0 Å². The van der Waals surface area contributed by atoms with Crippen LogP contribution in [0, 0.1) is 0 Å². The van der Waals surface area contributed by atoms with Crippen molar-refractivity contribution < 1.29 is 24.9 Å². The highest BCUT2D eigenvalue weighted by atomic mass is 32.1. The number of carboxylic acid groups (broad SMARTS) is 2. The van der Waals surface area contributed by atoms with Crippen LogP contribution in [-0.2, 0) is 9.59 Å². The van der Waals surface area contributed by atoms with Gasteiger partial charge < -0.3 is 15.3 Å². The van der Waals surface area contributed by atoms with Gasteiger partial charge in [0, 0.05) is 5.75 Å². The Bertz CT molecular complexity index is 190. The molecule has 14 heavy (non-hydrogen) atoms. The molecule has 0 aromatic rings. The topological polar surface area (TPSA) is 119 Å². The van der Waals surface area contributed by atoms with Crippen molar-refractivity contribution in [3.8, 4) is 0 Å². The highest BCUT2D eigenvalue weighted by Crippen LogP contribution is 1.87. The Balaban J connectivity index is 4.00. The van der Waals surface area contributed by atoms with E-state index in [2.05, 4.69) is 23.5 Å². The van der Waals surface area contributed by atoms with Gasteiger partial charge in [-0.1, -0.05) is 0 Å². The Morgan fingerprint density at radius 2 is 1.57 bits per heavy atom. The lowest BCUT2D eigenvalue weighted by molar-refractivity contribution is -0.143. The first-order chi connectivity index (χ1) is 6.52. The van der Waals surface area contributed by atoms with Crippen LogP contribution in [0.1, 0.15) is 0 Å². The van der Waals surface area contributed by atoms with E-state index < -0.39 is 30.6 Å². The molecule has 2 atom stereocenters. The predicted molar refractivity (Wildman–Crippen MR) is 50.1 cm³/mol. The zero-order valence-corrected chi connectivity index (χ0v) is 8.07. The molecular formula is C6H12N2O5S. The Morgan fingerprint density at radius 1 is 1.14 bits per heavy atom. The third kappa shape index (κ3) is 4.42. The van der Waals surface area contributed by atoms with Crippen molar-refractivity contribution >= 4 is 24.6 Å². The minimum Gasteiger partial charge on any atom is -0.480 e. The molecule has 0 aromatic carbocycles. The lowest BCUT2D eigenvalue weighted by Gasteiger charge is -2.16. The standard InChI is InChI=1S/C6H12N2O5S/c9-1-3(5(10)11)7-8-4(2-14)6(12)13/h3-4,7-9,14H,1-2H2,(H,10,11)(H,12,13)/t3-,4-/m0/s1. The molecule has 0 rings (SSSR count). The zero-order valence-electron chi connectivity index (χ0n) is 7.17. The van der Waals surface area contributed by atoms with Gasteiger partial charge in [0.25, 0.3) is 0 Å². The fourth-order valence-electron chi connectivity index (χ4n) is 0.572. The van der Waals surface area contributed by atoms with Gasteiger partial charge in [0.2, 0.25) is 0 Å². The number of nitrogens with one attached hydrogen (secondary N) is 2. The lowest BCUT2D eigenvalue weighted by Crippen LogP contribution is -2.54. The van der Waals surface area contributed by atoms with Crippen molar-refractivity contribution in [1.29, 1.82) is 0 Å². The van der Waals surface area contributed by atoms with Crippen molar-refractivity contribution in [3.05, 3.63) is 0 Å². The van der Waals surface area contributed by atoms with Gasteiger partial charge in [0.05, 0.1) is 6.61 Å². The molecule has 0 saturated heterocycles. The molecule has 0 unspecified atom stereocenters. The zero-order chi connectivity index (χ0) is 11.1. The lowest BCUT2D eigenvalue weighted by atomic mass is 10.3. The van der Waals surface area contributed by atoms with Crippen LogP contribution >= 0.6 is 12.6 Å². The van der Waals surface area contributed by atoms with E-state index in [1.165, 1.54) is 0 Å². The van der Waals surface area contributed by atoms with Gasteiger partial charge >= 0.3 is 11.9 Å². The normalized spacial score (nSPS) is 14.7. The largest absolute Gasteiger partial charge is 0.480 e. The van der Waals surface area contributed by atoms with Crippen molar-refractivity contribution in [1.82, 2.24) is 10.9 Å². The number of rotatable bonds is 7. The number of aliphatic carboxylic acids is 2. The first-order valence-corrected chi connectivity index (χ1v) is 4.34. The van der Waals surface area contributed by atoms with E-state index >= 15 is 0 Å². The fraction of sp³-hybridized carbons (Fsp3) is 0.667. The molecule has 0 aromatic heterocycles. The average Bonchev–Trinajstić information content (AvgIpc) is 2.11. The summed E-state index contributed by atoms with van der Waals surface area (Å²) in [5.74, 6) is -2.43. The van der Waals surface area contributed by atoms with Crippen molar-refractivity contribution in [2.75, 3.05) is 12.4 Å². The maximum Gasteiger partial charge on any atom is 0.324 e. The second-order valence-corrected chi connectivity index (χ2v) is 2.80. The molecule has 0 bridgehead atoms. The van der Waals surface area contributed by atoms with Crippen molar-refractivity contribution in [2.45, 2.75) is 12.1 Å². The highest BCUT2D eigenvalue weighted by molar-refractivity contribution is 7.80. The molecule has 8 heteroatoms. The number of hydrogen-bond acceptors (Lipinski definition) is 6. The van der Waals surface area contributed by atoms with Crippen LogP contribution in [0.5, 0.6) is 0 Å². The quantitative estimate of drug-likeness (QED) is 0.217. The minimum absolute atomic E-state index is 0.000100. The molecule has 5 N–H and O–H groups in total. The second-order valence-electron chi connectivity index (χ2n) is 2.44. The van der Waals surface area contributed by atoms with Crippen molar-refractivity contribution in [3.63, 3.8) is 0 Å². The van der Waals surface area contributed by atoms with Crippen molar-refractivity contribution in [2.24, 2.45) is 0 Å². The number of hydrogen-bond donors (Lipinski definition) is 6. The first-order valence-electron chi connectivity index (χ1n) is 3.71. The molecular weight excluding hydrogens is 212 g/mol. The highest BCUT2D eigenvalue weighted by Gasteiger charge is 2.20. The van der Waals surface area contributed by atoms with Crippen LogP contribution in [0.3, 0.4) is 0 Å². The van der Waals surface area contributed by atoms with Gasteiger partial charge in [-0.3, -0.25) is 9.59 Å². The molecule has 7 nitrogen and oxygen atoms in total. The molecule has 0 saturated carbocycles. The molecule has 0 aliphatic carbocycles. The molecule has 82 valence electrons.